The Morgan fingerprint density at radius 2 is 2.18 bits per heavy atom. The van der Waals surface area contributed by atoms with Crippen LogP contribution in [0.1, 0.15) is 50.4 Å². The molecule has 3 nitrogen and oxygen atoms in total. The van der Waals surface area contributed by atoms with Gasteiger partial charge in [-0.25, -0.2) is 0 Å². The van der Waals surface area contributed by atoms with Gasteiger partial charge in [0.25, 0.3) is 0 Å². The largest absolute Gasteiger partial charge is 0.393 e. The van der Waals surface area contributed by atoms with Crippen LogP contribution in [0.4, 0.5) is 0 Å². The minimum absolute atomic E-state index is 0.113. The Morgan fingerprint density at radius 1 is 1.47 bits per heavy atom. The number of aromatic nitrogens is 2. The molecule has 17 heavy (non-hydrogen) atoms. The van der Waals surface area contributed by atoms with Crippen molar-refractivity contribution in [1.82, 2.24) is 9.78 Å². The third kappa shape index (κ3) is 3.09. The van der Waals surface area contributed by atoms with Gasteiger partial charge in [-0.05, 0) is 44.1 Å². The van der Waals surface area contributed by atoms with Crippen molar-refractivity contribution in [1.29, 1.82) is 0 Å². The third-order valence-corrected chi connectivity index (χ3v) is 4.03. The molecule has 0 radical (unpaired) electrons. The maximum atomic E-state index is 10.1. The van der Waals surface area contributed by atoms with Crippen molar-refractivity contribution in [3.63, 3.8) is 0 Å². The fourth-order valence-electron chi connectivity index (χ4n) is 2.85. The summed E-state index contributed by atoms with van der Waals surface area (Å²) >= 11 is 0. The molecule has 1 N–H and O–H groups in total. The van der Waals surface area contributed by atoms with Crippen LogP contribution in [0.3, 0.4) is 0 Å². The molecule has 1 saturated carbocycles. The first-order chi connectivity index (χ1) is 8.20. The first-order valence-electron chi connectivity index (χ1n) is 6.90. The molecule has 0 bridgehead atoms. The highest BCUT2D eigenvalue weighted by molar-refractivity contribution is 5.10. The minimum Gasteiger partial charge on any atom is -0.393 e. The molecule has 1 unspecified atom stereocenters. The Bertz CT molecular complexity index is 353. The van der Waals surface area contributed by atoms with E-state index in [0.29, 0.717) is 5.92 Å². The van der Waals surface area contributed by atoms with Gasteiger partial charge in [0.15, 0.2) is 0 Å². The van der Waals surface area contributed by atoms with E-state index in [1.807, 2.05) is 11.7 Å². The van der Waals surface area contributed by atoms with Gasteiger partial charge in [0.05, 0.1) is 11.8 Å². The van der Waals surface area contributed by atoms with E-state index in [0.717, 1.165) is 25.0 Å². The van der Waals surface area contributed by atoms with Gasteiger partial charge in [-0.3, -0.25) is 4.68 Å². The van der Waals surface area contributed by atoms with Gasteiger partial charge >= 0.3 is 0 Å². The van der Waals surface area contributed by atoms with Crippen LogP contribution in [0, 0.1) is 5.92 Å². The van der Waals surface area contributed by atoms with E-state index < -0.39 is 0 Å². The zero-order chi connectivity index (χ0) is 12.3. The highest BCUT2D eigenvalue weighted by atomic mass is 16.3. The Labute approximate surface area is 104 Å². The van der Waals surface area contributed by atoms with E-state index in [-0.39, 0.29) is 6.10 Å². The maximum Gasteiger partial charge on any atom is 0.0624 e. The summed E-state index contributed by atoms with van der Waals surface area (Å²) in [7, 11) is 2.00. The summed E-state index contributed by atoms with van der Waals surface area (Å²) in [5, 5.41) is 14.6. The zero-order valence-corrected chi connectivity index (χ0v) is 11.0. The summed E-state index contributed by atoms with van der Waals surface area (Å²) < 4.78 is 1.96. The molecule has 96 valence electrons. The highest BCUT2D eigenvalue weighted by Gasteiger charge is 2.23. The van der Waals surface area contributed by atoms with Gasteiger partial charge in [-0.1, -0.05) is 19.8 Å². The second-order valence-corrected chi connectivity index (χ2v) is 5.25. The maximum absolute atomic E-state index is 10.1. The molecule has 1 aliphatic rings. The number of aryl methyl sites for hydroxylation is 3. The van der Waals surface area contributed by atoms with Gasteiger partial charge in [-0.15, -0.1) is 0 Å². The topological polar surface area (TPSA) is 38.0 Å². The van der Waals surface area contributed by atoms with Crippen LogP contribution in [0.25, 0.3) is 0 Å². The molecule has 1 heterocycles. The number of hydrogen-bond acceptors (Lipinski definition) is 2. The molecule has 0 aromatic carbocycles. The summed E-state index contributed by atoms with van der Waals surface area (Å²) in [5.41, 5.74) is 2.40. The number of aliphatic hydroxyl groups excluding tert-OH is 1. The molecule has 1 atom stereocenters. The van der Waals surface area contributed by atoms with Gasteiger partial charge < -0.3 is 5.11 Å². The number of hydrogen-bond donors (Lipinski definition) is 1. The number of aliphatic hydroxyl groups is 1. The van der Waals surface area contributed by atoms with Crippen LogP contribution < -0.4 is 0 Å². The molecule has 1 aliphatic carbocycles. The minimum atomic E-state index is -0.113. The molecule has 0 aliphatic heterocycles. The lowest BCUT2D eigenvalue weighted by Gasteiger charge is -2.17. The van der Waals surface area contributed by atoms with Crippen LogP contribution in [-0.4, -0.2) is 21.0 Å². The number of rotatable bonds is 5. The number of nitrogens with zero attached hydrogens (tertiary/aromatic N) is 2. The van der Waals surface area contributed by atoms with Crippen LogP contribution in [0.5, 0.6) is 0 Å². The summed E-state index contributed by atoms with van der Waals surface area (Å²) in [5.74, 6) is 0.550. The van der Waals surface area contributed by atoms with E-state index in [9.17, 15) is 5.11 Å². The predicted octanol–water partition coefficient (Wildman–Crippen LogP) is 2.47. The van der Waals surface area contributed by atoms with Crippen molar-refractivity contribution in [2.45, 2.75) is 58.0 Å². The van der Waals surface area contributed by atoms with Gasteiger partial charge in [-0.2, -0.15) is 5.10 Å². The standard InChI is InChI=1S/C14H24N2O/c1-3-12-10-13(16(2)15-12)8-9-14(17)11-6-4-5-7-11/h10-11,14,17H,3-9H2,1-2H3. The molecule has 1 aromatic rings. The smallest absolute Gasteiger partial charge is 0.0624 e. The average molecular weight is 236 g/mol. The second kappa shape index (κ2) is 5.67. The van der Waals surface area contributed by atoms with E-state index >= 15 is 0 Å². The van der Waals surface area contributed by atoms with Crippen molar-refractivity contribution < 1.29 is 5.11 Å². The molecular formula is C14H24N2O. The predicted molar refractivity (Wildman–Crippen MR) is 68.9 cm³/mol. The first-order valence-corrected chi connectivity index (χ1v) is 6.90. The molecule has 3 heteroatoms. The fourth-order valence-corrected chi connectivity index (χ4v) is 2.85. The normalized spacial score (nSPS) is 18.8. The zero-order valence-electron chi connectivity index (χ0n) is 11.0. The Kier molecular flexibility index (Phi) is 4.21. The first kappa shape index (κ1) is 12.6. The van der Waals surface area contributed by atoms with E-state index in [1.54, 1.807) is 0 Å². The summed E-state index contributed by atoms with van der Waals surface area (Å²) in [6.45, 7) is 2.12. The molecule has 1 fully saturated rings. The van der Waals surface area contributed by atoms with Crippen LogP contribution >= 0.6 is 0 Å². The van der Waals surface area contributed by atoms with Crippen molar-refractivity contribution >= 4 is 0 Å². The van der Waals surface area contributed by atoms with Crippen LogP contribution in [0.15, 0.2) is 6.07 Å². The molecule has 2 rings (SSSR count). The Balaban J connectivity index is 1.85. The van der Waals surface area contributed by atoms with Gasteiger partial charge in [0, 0.05) is 12.7 Å². The lowest BCUT2D eigenvalue weighted by molar-refractivity contribution is 0.102. The second-order valence-electron chi connectivity index (χ2n) is 5.25. The van der Waals surface area contributed by atoms with Crippen molar-refractivity contribution in [3.8, 4) is 0 Å². The quantitative estimate of drug-likeness (QED) is 0.853. The molecule has 0 saturated heterocycles. The fraction of sp³-hybridized carbons (Fsp3) is 0.786. The SMILES string of the molecule is CCc1cc(CCC(O)C2CCCC2)n(C)n1. The third-order valence-electron chi connectivity index (χ3n) is 4.03. The summed E-state index contributed by atoms with van der Waals surface area (Å²) in [4.78, 5) is 0. The lowest BCUT2D eigenvalue weighted by atomic mass is 9.96. The molecular weight excluding hydrogens is 212 g/mol. The highest BCUT2D eigenvalue weighted by Crippen LogP contribution is 2.29. The summed E-state index contributed by atoms with van der Waals surface area (Å²) in [6.07, 6.45) is 7.73. The van der Waals surface area contributed by atoms with Crippen molar-refractivity contribution in [2.24, 2.45) is 13.0 Å². The average Bonchev–Trinajstić information content (AvgIpc) is 2.95. The monoisotopic (exact) mass is 236 g/mol. The molecule has 0 amide bonds. The summed E-state index contributed by atoms with van der Waals surface area (Å²) in [6, 6.07) is 2.17. The van der Waals surface area contributed by atoms with Crippen LogP contribution in [0.2, 0.25) is 0 Å². The van der Waals surface area contributed by atoms with Gasteiger partial charge in [0.2, 0.25) is 0 Å². The Hall–Kier alpha value is -0.830. The van der Waals surface area contributed by atoms with Gasteiger partial charge in [0.1, 0.15) is 0 Å². The molecule has 1 aromatic heterocycles. The Morgan fingerprint density at radius 3 is 2.76 bits per heavy atom. The van der Waals surface area contributed by atoms with Crippen molar-refractivity contribution in [2.75, 3.05) is 0 Å². The van der Waals surface area contributed by atoms with E-state index in [1.165, 1.54) is 31.4 Å². The van der Waals surface area contributed by atoms with Crippen LogP contribution in [-0.2, 0) is 19.9 Å². The van der Waals surface area contributed by atoms with Crippen molar-refractivity contribution in [3.05, 3.63) is 17.5 Å². The lowest BCUT2D eigenvalue weighted by Crippen LogP contribution is -2.18. The van der Waals surface area contributed by atoms with E-state index in [2.05, 4.69) is 18.1 Å². The van der Waals surface area contributed by atoms with E-state index in [4.69, 9.17) is 0 Å². The molecule has 0 spiro atoms.